The van der Waals surface area contributed by atoms with E-state index in [1.54, 1.807) is 12.3 Å². The van der Waals surface area contributed by atoms with Crippen molar-refractivity contribution in [3.8, 4) is 0 Å². The van der Waals surface area contributed by atoms with E-state index in [4.69, 9.17) is 17.3 Å². The van der Waals surface area contributed by atoms with Gasteiger partial charge in [0.1, 0.15) is 11.6 Å². The highest BCUT2D eigenvalue weighted by Crippen LogP contribution is 2.44. The van der Waals surface area contributed by atoms with E-state index in [1.807, 2.05) is 19.2 Å². The molecule has 6 heteroatoms. The van der Waals surface area contributed by atoms with E-state index in [-0.39, 0.29) is 17.0 Å². The van der Waals surface area contributed by atoms with Crippen LogP contribution in [0.2, 0.25) is 5.02 Å². The lowest BCUT2D eigenvalue weighted by atomic mass is 9.94. The van der Waals surface area contributed by atoms with Crippen LogP contribution in [-0.4, -0.2) is 15.9 Å². The van der Waals surface area contributed by atoms with Crippen LogP contribution in [0.5, 0.6) is 0 Å². The lowest BCUT2D eigenvalue weighted by Crippen LogP contribution is -2.11. The number of hydrogen-bond donors (Lipinski definition) is 2. The number of rotatable bonds is 5. The Bertz CT molecular complexity index is 846. The van der Waals surface area contributed by atoms with Crippen LogP contribution in [0.1, 0.15) is 49.5 Å². The zero-order valence-electron chi connectivity index (χ0n) is 14.7. The number of nitrogens with two attached hydrogens (primary N) is 1. The van der Waals surface area contributed by atoms with Crippen molar-refractivity contribution in [3.05, 3.63) is 59.0 Å². The third kappa shape index (κ3) is 3.55. The van der Waals surface area contributed by atoms with Crippen molar-refractivity contribution >= 4 is 29.3 Å². The first-order valence-electron chi connectivity index (χ1n) is 8.69. The second-order valence-corrected chi connectivity index (χ2v) is 7.13. The molecule has 4 nitrogen and oxygen atoms in total. The summed E-state index contributed by atoms with van der Waals surface area (Å²) in [5, 5.41) is 10.7. The molecule has 1 aromatic heterocycles. The van der Waals surface area contributed by atoms with Crippen LogP contribution >= 0.6 is 11.6 Å². The molecule has 0 bridgehead atoms. The molecule has 1 aliphatic carbocycles. The van der Waals surface area contributed by atoms with E-state index in [0.717, 1.165) is 30.6 Å². The molecular formula is C20H23ClFN3O. The Morgan fingerprint density at radius 1 is 1.46 bits per heavy atom. The number of benzene rings is 1. The van der Waals surface area contributed by atoms with Crippen molar-refractivity contribution in [3.63, 3.8) is 0 Å². The summed E-state index contributed by atoms with van der Waals surface area (Å²) in [7, 11) is 0. The van der Waals surface area contributed by atoms with Gasteiger partial charge in [-0.3, -0.25) is 0 Å². The minimum Gasteiger partial charge on any atom is -0.399 e. The van der Waals surface area contributed by atoms with Gasteiger partial charge in [-0.15, -0.1) is 0 Å². The first-order chi connectivity index (χ1) is 12.4. The van der Waals surface area contributed by atoms with Gasteiger partial charge in [0.15, 0.2) is 0 Å². The molecular weight excluding hydrogens is 353 g/mol. The lowest BCUT2D eigenvalue weighted by Gasteiger charge is -2.20. The van der Waals surface area contributed by atoms with Gasteiger partial charge in [0, 0.05) is 29.7 Å². The Labute approximate surface area is 157 Å². The van der Waals surface area contributed by atoms with Gasteiger partial charge in [0.05, 0.1) is 11.1 Å². The van der Waals surface area contributed by atoms with E-state index >= 15 is 0 Å². The number of aliphatic hydroxyl groups is 1. The molecule has 2 aromatic rings. The van der Waals surface area contributed by atoms with Crippen molar-refractivity contribution in [2.45, 2.75) is 38.3 Å². The average Bonchev–Trinajstić information content (AvgIpc) is 3.24. The fourth-order valence-electron chi connectivity index (χ4n) is 3.74. The predicted octanol–water partition coefficient (Wildman–Crippen LogP) is 5.01. The molecule has 138 valence electrons. The molecule has 3 N–H and O–H groups in total. The van der Waals surface area contributed by atoms with Crippen molar-refractivity contribution in [1.29, 1.82) is 0 Å². The predicted molar refractivity (Wildman–Crippen MR) is 104 cm³/mol. The Kier molecular flexibility index (Phi) is 5.49. The van der Waals surface area contributed by atoms with Crippen molar-refractivity contribution < 1.29 is 9.50 Å². The monoisotopic (exact) mass is 375 g/mol. The maximum atomic E-state index is 13.7. The van der Waals surface area contributed by atoms with Crippen LogP contribution in [0.3, 0.4) is 0 Å². The molecule has 1 saturated carbocycles. The topological polar surface area (TPSA) is 63.5 Å². The molecule has 1 aromatic carbocycles. The van der Waals surface area contributed by atoms with E-state index < -0.39 is 11.9 Å². The molecule has 0 aliphatic heterocycles. The molecule has 0 amide bonds. The van der Waals surface area contributed by atoms with Gasteiger partial charge < -0.3 is 15.4 Å². The summed E-state index contributed by atoms with van der Waals surface area (Å²) in [6, 6.07) is 6.62. The van der Waals surface area contributed by atoms with Crippen LogP contribution in [0, 0.1) is 11.7 Å². The van der Waals surface area contributed by atoms with E-state index in [1.165, 1.54) is 12.1 Å². The third-order valence-corrected chi connectivity index (χ3v) is 5.36. The normalized spacial score (nSPS) is 21.4. The van der Waals surface area contributed by atoms with Gasteiger partial charge in [0.2, 0.25) is 0 Å². The highest BCUT2D eigenvalue weighted by Gasteiger charge is 2.33. The minimum atomic E-state index is -0.718. The smallest absolute Gasteiger partial charge is 0.142 e. The summed E-state index contributed by atoms with van der Waals surface area (Å²) in [4.78, 5) is 4.45. The Hall–Kier alpha value is -2.11. The molecule has 1 heterocycles. The zero-order chi connectivity index (χ0) is 18.8. The highest BCUT2D eigenvalue weighted by molar-refractivity contribution is 6.30. The Morgan fingerprint density at radius 3 is 2.88 bits per heavy atom. The highest BCUT2D eigenvalue weighted by atomic mass is 35.5. The lowest BCUT2D eigenvalue weighted by molar-refractivity contribution is 0.109. The minimum absolute atomic E-state index is 0.0472. The van der Waals surface area contributed by atoms with E-state index in [0.29, 0.717) is 11.3 Å². The molecule has 0 saturated heterocycles. The first kappa shape index (κ1) is 18.7. The van der Waals surface area contributed by atoms with Gasteiger partial charge in [-0.05, 0) is 55.9 Å². The number of hydrogen-bond acceptors (Lipinski definition) is 3. The molecule has 1 fully saturated rings. The SMILES string of the molecule is C=C(N)c1ccn([C@H]2CC[C@@H]([C@@H](O)c3ccc(Cl)c(F)c3)C2)c1N=CC. The number of aliphatic hydroxyl groups excluding tert-OH is 1. The summed E-state index contributed by atoms with van der Waals surface area (Å²) in [6.07, 6.45) is 5.53. The fraction of sp³-hybridized carbons (Fsp3) is 0.350. The van der Waals surface area contributed by atoms with Crippen LogP contribution in [0.15, 0.2) is 42.0 Å². The molecule has 3 atom stereocenters. The van der Waals surface area contributed by atoms with Crippen LogP contribution in [0.4, 0.5) is 10.2 Å². The van der Waals surface area contributed by atoms with E-state index in [2.05, 4.69) is 16.1 Å². The molecule has 26 heavy (non-hydrogen) atoms. The number of aliphatic imine (C=N–C) groups is 1. The molecule has 0 radical (unpaired) electrons. The van der Waals surface area contributed by atoms with Crippen LogP contribution in [0.25, 0.3) is 5.70 Å². The van der Waals surface area contributed by atoms with Gasteiger partial charge >= 0.3 is 0 Å². The van der Waals surface area contributed by atoms with Gasteiger partial charge in [-0.2, -0.15) is 0 Å². The number of halogens is 2. The second-order valence-electron chi connectivity index (χ2n) is 6.72. The molecule has 3 rings (SSSR count). The fourth-order valence-corrected chi connectivity index (χ4v) is 3.86. The maximum Gasteiger partial charge on any atom is 0.142 e. The summed E-state index contributed by atoms with van der Waals surface area (Å²) >= 11 is 5.73. The van der Waals surface area contributed by atoms with Gasteiger partial charge in [-0.1, -0.05) is 24.2 Å². The van der Waals surface area contributed by atoms with Crippen LogP contribution < -0.4 is 5.73 Å². The van der Waals surface area contributed by atoms with Crippen LogP contribution in [-0.2, 0) is 0 Å². The summed E-state index contributed by atoms with van der Waals surface area (Å²) in [5.41, 5.74) is 7.74. The first-order valence-corrected chi connectivity index (χ1v) is 9.07. The standard InChI is InChI=1S/C20H23ClFN3O/c1-3-24-20-16(12(2)23)8-9-25(20)15-6-4-13(10-15)19(26)14-5-7-17(21)18(22)11-14/h3,5,7-9,11,13,15,19,26H,2,4,6,10,23H2,1H3/t13-,15+,19-/m1/s1. The third-order valence-electron chi connectivity index (χ3n) is 5.06. The number of aromatic nitrogens is 1. The summed E-state index contributed by atoms with van der Waals surface area (Å²) < 4.78 is 15.8. The van der Waals surface area contributed by atoms with Gasteiger partial charge in [-0.25, -0.2) is 9.38 Å². The summed E-state index contributed by atoms with van der Waals surface area (Å²) in [6.45, 7) is 5.67. The molecule has 0 unspecified atom stereocenters. The molecule has 1 aliphatic rings. The second kappa shape index (κ2) is 7.64. The van der Waals surface area contributed by atoms with Crippen molar-refractivity contribution in [1.82, 2.24) is 4.57 Å². The van der Waals surface area contributed by atoms with E-state index in [9.17, 15) is 9.50 Å². The van der Waals surface area contributed by atoms with Gasteiger partial charge in [0.25, 0.3) is 0 Å². The average molecular weight is 376 g/mol. The maximum absolute atomic E-state index is 13.7. The Balaban J connectivity index is 1.80. The number of nitrogens with zero attached hydrogens (tertiary/aromatic N) is 2. The summed E-state index contributed by atoms with van der Waals surface area (Å²) in [5.74, 6) is 0.331. The molecule has 0 spiro atoms. The quantitative estimate of drug-likeness (QED) is 0.721. The Morgan fingerprint density at radius 2 is 2.23 bits per heavy atom. The van der Waals surface area contributed by atoms with Crippen molar-refractivity contribution in [2.75, 3.05) is 0 Å². The van der Waals surface area contributed by atoms with Crippen molar-refractivity contribution in [2.24, 2.45) is 16.6 Å². The zero-order valence-corrected chi connectivity index (χ0v) is 15.5. The largest absolute Gasteiger partial charge is 0.399 e.